The Labute approximate surface area is 153 Å². The number of carbonyl (C=O) groups is 1. The molecular weight excluding hydrogens is 334 g/mol. The topological polar surface area (TPSA) is 80.9 Å². The standard InChI is InChI=1S/C20H25NO5/c1-15-2-4-16(5-3-15)26-12-18-17(6-9-25-18)19(23)21-13-20(14-22)7-10-24-11-8-20/h2-6,9,22H,7-8,10-14H2,1H3,(H,21,23). The maximum absolute atomic E-state index is 12.5. The SMILES string of the molecule is Cc1ccc(OCc2occc2C(=O)NCC2(CO)CCOCC2)cc1. The second-order valence-corrected chi connectivity index (χ2v) is 6.81. The van der Waals surface area contributed by atoms with Crippen LogP contribution in [0, 0.1) is 12.3 Å². The summed E-state index contributed by atoms with van der Waals surface area (Å²) in [5.74, 6) is 0.980. The van der Waals surface area contributed by atoms with Gasteiger partial charge in [0.1, 0.15) is 12.4 Å². The summed E-state index contributed by atoms with van der Waals surface area (Å²) in [6.45, 7) is 3.85. The summed E-state index contributed by atoms with van der Waals surface area (Å²) in [6, 6.07) is 9.34. The number of carbonyl (C=O) groups excluding carboxylic acids is 1. The smallest absolute Gasteiger partial charge is 0.254 e. The van der Waals surface area contributed by atoms with Crippen LogP contribution >= 0.6 is 0 Å². The van der Waals surface area contributed by atoms with Crippen molar-refractivity contribution in [3.8, 4) is 5.75 Å². The normalized spacial score (nSPS) is 16.2. The van der Waals surface area contributed by atoms with E-state index in [1.54, 1.807) is 6.07 Å². The van der Waals surface area contributed by atoms with Crippen LogP contribution in [-0.2, 0) is 11.3 Å². The van der Waals surface area contributed by atoms with Gasteiger partial charge in [0.25, 0.3) is 5.91 Å². The molecule has 1 saturated heterocycles. The van der Waals surface area contributed by atoms with Crippen LogP contribution in [0.4, 0.5) is 0 Å². The fourth-order valence-electron chi connectivity index (χ4n) is 3.00. The van der Waals surface area contributed by atoms with Crippen LogP contribution in [0.1, 0.15) is 34.5 Å². The van der Waals surface area contributed by atoms with Crippen molar-refractivity contribution < 1.29 is 23.8 Å². The number of furan rings is 1. The summed E-state index contributed by atoms with van der Waals surface area (Å²) >= 11 is 0. The maximum atomic E-state index is 12.5. The van der Waals surface area contributed by atoms with Gasteiger partial charge in [0, 0.05) is 25.2 Å². The number of rotatable bonds is 7. The Balaban J connectivity index is 1.58. The minimum Gasteiger partial charge on any atom is -0.486 e. The molecule has 1 aromatic carbocycles. The van der Waals surface area contributed by atoms with Crippen LogP contribution in [-0.4, -0.2) is 37.4 Å². The van der Waals surface area contributed by atoms with E-state index >= 15 is 0 Å². The number of nitrogens with one attached hydrogen (secondary N) is 1. The Morgan fingerprint density at radius 3 is 2.65 bits per heavy atom. The summed E-state index contributed by atoms with van der Waals surface area (Å²) < 4.78 is 16.5. The van der Waals surface area contributed by atoms with Crippen LogP contribution < -0.4 is 10.1 Å². The molecule has 2 N–H and O–H groups in total. The number of hydrogen-bond acceptors (Lipinski definition) is 5. The third-order valence-electron chi connectivity index (χ3n) is 4.89. The highest BCUT2D eigenvalue weighted by molar-refractivity contribution is 5.95. The summed E-state index contributed by atoms with van der Waals surface area (Å²) in [6.07, 6.45) is 2.95. The average molecular weight is 359 g/mol. The minimum absolute atomic E-state index is 0.0332. The molecule has 0 aliphatic carbocycles. The summed E-state index contributed by atoms with van der Waals surface area (Å²) in [4.78, 5) is 12.5. The zero-order valence-corrected chi connectivity index (χ0v) is 15.0. The van der Waals surface area contributed by atoms with E-state index < -0.39 is 0 Å². The monoisotopic (exact) mass is 359 g/mol. The molecule has 1 fully saturated rings. The zero-order chi connectivity index (χ0) is 18.4. The quantitative estimate of drug-likeness (QED) is 0.794. The molecular formula is C20H25NO5. The van der Waals surface area contributed by atoms with E-state index in [0.717, 1.165) is 24.2 Å². The van der Waals surface area contributed by atoms with Gasteiger partial charge in [0.15, 0.2) is 5.76 Å². The van der Waals surface area contributed by atoms with E-state index in [9.17, 15) is 9.90 Å². The second kappa shape index (κ2) is 8.38. The number of amides is 1. The van der Waals surface area contributed by atoms with Gasteiger partial charge in [-0.15, -0.1) is 0 Å². The van der Waals surface area contributed by atoms with E-state index in [1.807, 2.05) is 31.2 Å². The van der Waals surface area contributed by atoms with Crippen LogP contribution in [0.2, 0.25) is 0 Å². The van der Waals surface area contributed by atoms with Gasteiger partial charge in [-0.3, -0.25) is 4.79 Å². The van der Waals surface area contributed by atoms with Crippen LogP contribution in [0.3, 0.4) is 0 Å². The molecule has 0 spiro atoms. The minimum atomic E-state index is -0.309. The molecule has 140 valence electrons. The first-order valence-corrected chi connectivity index (χ1v) is 8.85. The van der Waals surface area contributed by atoms with Crippen molar-refractivity contribution in [2.75, 3.05) is 26.4 Å². The van der Waals surface area contributed by atoms with Crippen LogP contribution in [0.5, 0.6) is 5.75 Å². The number of aliphatic hydroxyl groups excluding tert-OH is 1. The molecule has 0 unspecified atom stereocenters. The van der Waals surface area contributed by atoms with Gasteiger partial charge < -0.3 is 24.3 Å². The second-order valence-electron chi connectivity index (χ2n) is 6.81. The van der Waals surface area contributed by atoms with Crippen LogP contribution in [0.15, 0.2) is 41.0 Å². The van der Waals surface area contributed by atoms with Gasteiger partial charge in [0.2, 0.25) is 0 Å². The van der Waals surface area contributed by atoms with E-state index in [4.69, 9.17) is 13.9 Å². The Bertz CT molecular complexity index is 716. The summed E-state index contributed by atoms with van der Waals surface area (Å²) in [7, 11) is 0. The van der Waals surface area contributed by atoms with Crippen molar-refractivity contribution in [1.82, 2.24) is 5.32 Å². The van der Waals surface area contributed by atoms with Gasteiger partial charge in [-0.25, -0.2) is 0 Å². The third kappa shape index (κ3) is 4.45. The Hall–Kier alpha value is -2.31. The van der Waals surface area contributed by atoms with Gasteiger partial charge in [-0.1, -0.05) is 17.7 Å². The first-order valence-electron chi connectivity index (χ1n) is 8.85. The lowest BCUT2D eigenvalue weighted by Crippen LogP contribution is -2.43. The van der Waals surface area contributed by atoms with Crippen molar-refractivity contribution in [2.24, 2.45) is 5.41 Å². The molecule has 0 atom stereocenters. The molecule has 3 rings (SSSR count). The van der Waals surface area contributed by atoms with E-state index in [1.165, 1.54) is 6.26 Å². The fourth-order valence-corrected chi connectivity index (χ4v) is 3.00. The van der Waals surface area contributed by atoms with E-state index in [0.29, 0.717) is 31.1 Å². The molecule has 2 aromatic rings. The summed E-state index contributed by atoms with van der Waals surface area (Å²) in [5.41, 5.74) is 1.30. The van der Waals surface area contributed by atoms with Crippen molar-refractivity contribution in [3.05, 3.63) is 53.5 Å². The highest BCUT2D eigenvalue weighted by Gasteiger charge is 2.32. The van der Waals surface area contributed by atoms with Gasteiger partial charge in [0.05, 0.1) is 18.4 Å². The van der Waals surface area contributed by atoms with Crippen molar-refractivity contribution in [3.63, 3.8) is 0 Å². The van der Waals surface area contributed by atoms with Gasteiger partial charge in [-0.2, -0.15) is 0 Å². The van der Waals surface area contributed by atoms with Crippen molar-refractivity contribution in [1.29, 1.82) is 0 Å². The predicted octanol–water partition coefficient (Wildman–Crippen LogP) is 2.69. The first kappa shape index (κ1) is 18.5. The van der Waals surface area contributed by atoms with E-state index in [-0.39, 0.29) is 24.5 Å². The maximum Gasteiger partial charge on any atom is 0.254 e. The largest absolute Gasteiger partial charge is 0.486 e. The Morgan fingerprint density at radius 1 is 1.23 bits per heavy atom. The number of benzene rings is 1. The lowest BCUT2D eigenvalue weighted by atomic mass is 9.81. The summed E-state index contributed by atoms with van der Waals surface area (Å²) in [5, 5.41) is 12.6. The molecule has 2 heterocycles. The average Bonchev–Trinajstić information content (AvgIpc) is 3.15. The molecule has 0 bridgehead atoms. The number of aryl methyl sites for hydroxylation is 1. The third-order valence-corrected chi connectivity index (χ3v) is 4.89. The lowest BCUT2D eigenvalue weighted by Gasteiger charge is -2.35. The Kier molecular flexibility index (Phi) is 5.96. The molecule has 0 saturated carbocycles. The molecule has 6 nitrogen and oxygen atoms in total. The molecule has 1 amide bonds. The van der Waals surface area contributed by atoms with Crippen molar-refractivity contribution >= 4 is 5.91 Å². The van der Waals surface area contributed by atoms with Gasteiger partial charge >= 0.3 is 0 Å². The lowest BCUT2D eigenvalue weighted by molar-refractivity contribution is -0.0146. The Morgan fingerprint density at radius 2 is 1.96 bits per heavy atom. The van der Waals surface area contributed by atoms with Crippen LogP contribution in [0.25, 0.3) is 0 Å². The first-order chi connectivity index (χ1) is 12.6. The fraction of sp³-hybridized carbons (Fsp3) is 0.450. The number of hydrogen-bond donors (Lipinski definition) is 2. The molecule has 1 aliphatic heterocycles. The molecule has 1 aliphatic rings. The molecule has 0 radical (unpaired) electrons. The molecule has 6 heteroatoms. The zero-order valence-electron chi connectivity index (χ0n) is 15.0. The van der Waals surface area contributed by atoms with E-state index in [2.05, 4.69) is 5.32 Å². The molecule has 1 aromatic heterocycles. The number of ether oxygens (including phenoxy) is 2. The highest BCUT2D eigenvalue weighted by atomic mass is 16.5. The highest BCUT2D eigenvalue weighted by Crippen LogP contribution is 2.29. The van der Waals surface area contributed by atoms with Crippen molar-refractivity contribution in [2.45, 2.75) is 26.4 Å². The molecule has 26 heavy (non-hydrogen) atoms. The van der Waals surface area contributed by atoms with Gasteiger partial charge in [-0.05, 0) is 38.0 Å². The predicted molar refractivity (Wildman–Crippen MR) is 96.1 cm³/mol. The number of aliphatic hydroxyl groups is 1.